The molecule has 5 heteroatoms. The quantitative estimate of drug-likeness (QED) is 0.891. The summed E-state index contributed by atoms with van der Waals surface area (Å²) in [7, 11) is -3.29. The molecule has 0 aliphatic rings. The molecule has 0 spiro atoms. The maximum Gasteiger partial charge on any atom is 0.212 e. The summed E-state index contributed by atoms with van der Waals surface area (Å²) >= 11 is 0. The smallest absolute Gasteiger partial charge is 0.212 e. The lowest BCUT2D eigenvalue weighted by Crippen LogP contribution is -2.27. The zero-order chi connectivity index (χ0) is 15.3. The molecule has 0 aliphatic carbocycles. The number of pyridine rings is 1. The average molecular weight is 304 g/mol. The van der Waals surface area contributed by atoms with Crippen LogP contribution in [0.25, 0.3) is 0 Å². The van der Waals surface area contributed by atoms with Crippen LogP contribution in [-0.2, 0) is 23.0 Å². The van der Waals surface area contributed by atoms with E-state index in [1.54, 1.807) is 6.20 Å². The first-order chi connectivity index (χ1) is 9.94. The molecule has 0 radical (unpaired) electrons. The van der Waals surface area contributed by atoms with E-state index in [0.717, 1.165) is 22.4 Å². The van der Waals surface area contributed by atoms with Gasteiger partial charge >= 0.3 is 0 Å². The molecule has 2 aromatic rings. The van der Waals surface area contributed by atoms with E-state index in [4.69, 9.17) is 0 Å². The number of rotatable bonds is 6. The van der Waals surface area contributed by atoms with Gasteiger partial charge in [-0.3, -0.25) is 4.98 Å². The first kappa shape index (κ1) is 15.7. The van der Waals surface area contributed by atoms with Crippen molar-refractivity contribution in [1.82, 2.24) is 9.71 Å². The number of nitrogens with one attached hydrogen (secondary N) is 1. The molecule has 0 fully saturated rings. The van der Waals surface area contributed by atoms with Gasteiger partial charge in [-0.05, 0) is 31.5 Å². The Morgan fingerprint density at radius 1 is 1.10 bits per heavy atom. The van der Waals surface area contributed by atoms with E-state index in [0.29, 0.717) is 13.0 Å². The number of sulfonamides is 1. The lowest BCUT2D eigenvalue weighted by Gasteiger charge is -2.08. The van der Waals surface area contributed by atoms with Crippen molar-refractivity contribution in [2.75, 3.05) is 5.75 Å². The van der Waals surface area contributed by atoms with Crippen LogP contribution in [0.1, 0.15) is 22.4 Å². The Labute approximate surface area is 126 Å². The van der Waals surface area contributed by atoms with Crippen LogP contribution in [0.2, 0.25) is 0 Å². The zero-order valence-electron chi connectivity index (χ0n) is 12.3. The van der Waals surface area contributed by atoms with Gasteiger partial charge in [0.2, 0.25) is 10.0 Å². The number of hydrogen-bond donors (Lipinski definition) is 1. The topological polar surface area (TPSA) is 59.1 Å². The van der Waals surface area contributed by atoms with Gasteiger partial charge in [-0.2, -0.15) is 0 Å². The van der Waals surface area contributed by atoms with Crippen molar-refractivity contribution >= 4 is 10.0 Å². The summed E-state index contributed by atoms with van der Waals surface area (Å²) in [6.45, 7) is 4.34. The average Bonchev–Trinajstić information content (AvgIpc) is 2.44. The monoisotopic (exact) mass is 304 g/mol. The highest BCUT2D eigenvalue weighted by molar-refractivity contribution is 7.89. The van der Waals surface area contributed by atoms with E-state index in [2.05, 4.69) is 15.8 Å². The summed E-state index contributed by atoms with van der Waals surface area (Å²) in [5.74, 6) is 0.0504. The molecule has 0 saturated heterocycles. The van der Waals surface area contributed by atoms with Gasteiger partial charge in [0, 0.05) is 24.9 Å². The van der Waals surface area contributed by atoms with Crippen molar-refractivity contribution in [3.05, 3.63) is 65.0 Å². The van der Waals surface area contributed by atoms with Crippen LogP contribution in [0.3, 0.4) is 0 Å². The van der Waals surface area contributed by atoms with Crippen LogP contribution >= 0.6 is 0 Å². The predicted molar refractivity (Wildman–Crippen MR) is 84.5 cm³/mol. The standard InChI is InChI=1S/C16H20N2O2S/c1-13-9-14(2)11-15(10-13)12-18-21(19,20)8-6-16-5-3-4-7-17-16/h3-5,7,9-11,18H,6,8,12H2,1-2H3. The molecule has 21 heavy (non-hydrogen) atoms. The minimum Gasteiger partial charge on any atom is -0.261 e. The van der Waals surface area contributed by atoms with E-state index in [-0.39, 0.29) is 5.75 Å². The molecule has 0 atom stereocenters. The van der Waals surface area contributed by atoms with Crippen LogP contribution in [0.15, 0.2) is 42.6 Å². The molecule has 2 rings (SSSR count). The van der Waals surface area contributed by atoms with Crippen molar-refractivity contribution in [3.8, 4) is 0 Å². The first-order valence-electron chi connectivity index (χ1n) is 6.89. The molecule has 0 amide bonds. The number of aromatic nitrogens is 1. The number of nitrogens with zero attached hydrogens (tertiary/aromatic N) is 1. The van der Waals surface area contributed by atoms with E-state index in [9.17, 15) is 8.42 Å². The molecule has 0 unspecified atom stereocenters. The first-order valence-corrected chi connectivity index (χ1v) is 8.54. The van der Waals surface area contributed by atoms with Crippen molar-refractivity contribution < 1.29 is 8.42 Å². The molecule has 1 N–H and O–H groups in total. The lowest BCUT2D eigenvalue weighted by molar-refractivity contribution is 0.580. The minimum atomic E-state index is -3.29. The van der Waals surface area contributed by atoms with Gasteiger partial charge in [-0.15, -0.1) is 0 Å². The molecule has 1 heterocycles. The maximum absolute atomic E-state index is 12.0. The van der Waals surface area contributed by atoms with E-state index < -0.39 is 10.0 Å². The summed E-state index contributed by atoms with van der Waals surface area (Å²) in [6.07, 6.45) is 2.09. The zero-order valence-corrected chi connectivity index (χ0v) is 13.2. The third-order valence-corrected chi connectivity index (χ3v) is 4.46. The number of hydrogen-bond acceptors (Lipinski definition) is 3. The highest BCUT2D eigenvalue weighted by Gasteiger charge is 2.10. The summed E-state index contributed by atoms with van der Waals surface area (Å²) in [6, 6.07) is 11.6. The molecular weight excluding hydrogens is 284 g/mol. The van der Waals surface area contributed by atoms with Gasteiger partial charge in [-0.25, -0.2) is 13.1 Å². The van der Waals surface area contributed by atoms with Gasteiger partial charge in [0.05, 0.1) is 5.75 Å². The summed E-state index contributed by atoms with van der Waals surface area (Å²) in [5.41, 5.74) is 4.04. The van der Waals surface area contributed by atoms with Crippen LogP contribution in [0, 0.1) is 13.8 Å². The maximum atomic E-state index is 12.0. The largest absolute Gasteiger partial charge is 0.261 e. The molecule has 0 saturated carbocycles. The van der Waals surface area contributed by atoms with E-state index >= 15 is 0 Å². The van der Waals surface area contributed by atoms with Crippen molar-refractivity contribution in [1.29, 1.82) is 0 Å². The number of benzene rings is 1. The van der Waals surface area contributed by atoms with Crippen LogP contribution in [-0.4, -0.2) is 19.2 Å². The van der Waals surface area contributed by atoms with E-state index in [1.165, 1.54) is 0 Å². The third kappa shape index (κ3) is 5.28. The van der Waals surface area contributed by atoms with Gasteiger partial charge in [0.25, 0.3) is 0 Å². The van der Waals surface area contributed by atoms with Gasteiger partial charge in [-0.1, -0.05) is 35.4 Å². The Balaban J connectivity index is 1.92. The fourth-order valence-corrected chi connectivity index (χ4v) is 3.23. The summed E-state index contributed by atoms with van der Waals surface area (Å²) in [4.78, 5) is 4.13. The van der Waals surface area contributed by atoms with Crippen LogP contribution in [0.5, 0.6) is 0 Å². The Kier molecular flexibility index (Phi) is 5.09. The summed E-state index contributed by atoms with van der Waals surface area (Å²) < 4.78 is 26.7. The third-order valence-electron chi connectivity index (χ3n) is 3.13. The lowest BCUT2D eigenvalue weighted by atomic mass is 10.1. The molecule has 1 aromatic heterocycles. The van der Waals surface area contributed by atoms with Gasteiger partial charge < -0.3 is 0 Å². The second-order valence-electron chi connectivity index (χ2n) is 5.21. The normalized spacial score (nSPS) is 11.5. The molecule has 1 aromatic carbocycles. The number of aryl methyl sites for hydroxylation is 3. The van der Waals surface area contributed by atoms with Crippen molar-refractivity contribution in [3.63, 3.8) is 0 Å². The van der Waals surface area contributed by atoms with Gasteiger partial charge in [0.1, 0.15) is 0 Å². The Bertz CT molecular complexity index is 677. The predicted octanol–water partition coefficient (Wildman–Crippen LogP) is 2.36. The second kappa shape index (κ2) is 6.83. The molecule has 0 bridgehead atoms. The highest BCUT2D eigenvalue weighted by atomic mass is 32.2. The van der Waals surface area contributed by atoms with Gasteiger partial charge in [0.15, 0.2) is 0 Å². The Morgan fingerprint density at radius 3 is 2.43 bits per heavy atom. The molecule has 112 valence electrons. The van der Waals surface area contributed by atoms with Crippen LogP contribution in [0.4, 0.5) is 0 Å². The fourth-order valence-electron chi connectivity index (χ4n) is 2.22. The SMILES string of the molecule is Cc1cc(C)cc(CNS(=O)(=O)CCc2ccccn2)c1. The molecule has 0 aliphatic heterocycles. The summed E-state index contributed by atoms with van der Waals surface area (Å²) in [5, 5.41) is 0. The van der Waals surface area contributed by atoms with Crippen molar-refractivity contribution in [2.24, 2.45) is 0 Å². The molecular formula is C16H20N2O2S. The Morgan fingerprint density at radius 2 is 1.81 bits per heavy atom. The van der Waals surface area contributed by atoms with Crippen molar-refractivity contribution in [2.45, 2.75) is 26.8 Å². The van der Waals surface area contributed by atoms with Crippen LogP contribution < -0.4 is 4.72 Å². The minimum absolute atomic E-state index is 0.0504. The fraction of sp³-hybridized carbons (Fsp3) is 0.312. The van der Waals surface area contributed by atoms with E-state index in [1.807, 2.05) is 44.2 Å². The Hall–Kier alpha value is -1.72. The molecule has 4 nitrogen and oxygen atoms in total. The second-order valence-corrected chi connectivity index (χ2v) is 7.13. The highest BCUT2D eigenvalue weighted by Crippen LogP contribution is 2.09.